The number of anilines is 1. The van der Waals surface area contributed by atoms with Gasteiger partial charge in [-0.2, -0.15) is 5.10 Å². The number of para-hydroxylation sites is 1. The van der Waals surface area contributed by atoms with Gasteiger partial charge in [0.25, 0.3) is 5.56 Å². The lowest BCUT2D eigenvalue weighted by Gasteiger charge is -2.27. The van der Waals surface area contributed by atoms with E-state index in [1.54, 1.807) is 33.8 Å². The molecule has 6 rings (SSSR count). The van der Waals surface area contributed by atoms with Gasteiger partial charge in [-0.3, -0.25) is 9.36 Å². The number of hydrogen-bond donors (Lipinski definition) is 1. The standard InChI is InChI=1S/C23H20ClN7O2S/c1-34(33)17-12-25-20-18(17)22(27-13-26-20)29-10-5-8-16(29)21-28-30-11-9-15(24)19(30)23(32)31(21)14-6-3-2-4-7-14/h2-4,6-7,9,11-13,16H,5,8,10H2,1H3,(H,25,26,27)/t16?,34-/m0/s1. The molecule has 1 N–H and O–H groups in total. The van der Waals surface area contributed by atoms with Crippen LogP contribution in [-0.4, -0.2) is 46.5 Å². The molecule has 172 valence electrons. The normalized spacial score (nSPS) is 17.1. The average molecular weight is 494 g/mol. The Labute approximate surface area is 202 Å². The Morgan fingerprint density at radius 3 is 2.82 bits per heavy atom. The van der Waals surface area contributed by atoms with E-state index >= 15 is 0 Å². The molecule has 4 aromatic heterocycles. The van der Waals surface area contributed by atoms with Crippen LogP contribution in [0.5, 0.6) is 0 Å². The van der Waals surface area contributed by atoms with Gasteiger partial charge in [0, 0.05) is 12.7 Å². The minimum Gasteiger partial charge on any atom is -0.612 e. The first-order valence-corrected chi connectivity index (χ1v) is 12.8. The predicted molar refractivity (Wildman–Crippen MR) is 131 cm³/mol. The zero-order valence-corrected chi connectivity index (χ0v) is 19.8. The van der Waals surface area contributed by atoms with Crippen molar-refractivity contribution in [3.63, 3.8) is 0 Å². The zero-order valence-electron chi connectivity index (χ0n) is 18.2. The Kier molecular flexibility index (Phi) is 5.09. The van der Waals surface area contributed by atoms with E-state index in [4.69, 9.17) is 16.7 Å². The molecule has 0 amide bonds. The minimum absolute atomic E-state index is 0.232. The van der Waals surface area contributed by atoms with Crippen LogP contribution < -0.4 is 10.5 Å². The predicted octanol–water partition coefficient (Wildman–Crippen LogP) is 3.49. The van der Waals surface area contributed by atoms with Crippen molar-refractivity contribution in [2.45, 2.75) is 23.8 Å². The van der Waals surface area contributed by atoms with Gasteiger partial charge >= 0.3 is 0 Å². The van der Waals surface area contributed by atoms with Crippen LogP contribution in [0.4, 0.5) is 5.82 Å². The van der Waals surface area contributed by atoms with Crippen LogP contribution >= 0.6 is 11.6 Å². The summed E-state index contributed by atoms with van der Waals surface area (Å²) in [5.41, 5.74) is 1.44. The van der Waals surface area contributed by atoms with Crippen LogP contribution in [0.15, 0.2) is 64.8 Å². The van der Waals surface area contributed by atoms with E-state index in [-0.39, 0.29) is 11.6 Å². The number of fused-ring (bicyclic) bond motifs is 2. The van der Waals surface area contributed by atoms with Gasteiger partial charge < -0.3 is 14.4 Å². The second-order valence-electron chi connectivity index (χ2n) is 8.17. The van der Waals surface area contributed by atoms with Gasteiger partial charge in [0.05, 0.1) is 22.9 Å². The SMILES string of the molecule is C[S@+]([O-])c1c[nH]c2ncnc(N3CCCC3c3nn4ccc(Cl)c4c(=O)n3-c3ccccc3)c12. The third-order valence-corrected chi connectivity index (χ3v) is 7.47. The summed E-state index contributed by atoms with van der Waals surface area (Å²) in [5, 5.41) is 5.95. The van der Waals surface area contributed by atoms with E-state index in [1.165, 1.54) is 6.33 Å². The quantitative estimate of drug-likeness (QED) is 0.384. The van der Waals surface area contributed by atoms with Crippen LogP contribution in [0, 0.1) is 0 Å². The number of halogens is 1. The molecule has 2 atom stereocenters. The molecule has 1 aliphatic rings. The summed E-state index contributed by atoms with van der Waals surface area (Å²) >= 11 is 5.12. The molecule has 1 saturated heterocycles. The van der Waals surface area contributed by atoms with Gasteiger partial charge in [-0.25, -0.2) is 14.5 Å². The highest BCUT2D eigenvalue weighted by atomic mass is 35.5. The number of nitrogens with zero attached hydrogens (tertiary/aromatic N) is 6. The Morgan fingerprint density at radius 2 is 2.03 bits per heavy atom. The topological polar surface area (TPSA) is 107 Å². The lowest BCUT2D eigenvalue weighted by Crippen LogP contribution is -2.33. The molecule has 1 fully saturated rings. The molecule has 0 radical (unpaired) electrons. The summed E-state index contributed by atoms with van der Waals surface area (Å²) in [6.07, 6.45) is 8.22. The number of rotatable bonds is 4. The van der Waals surface area contributed by atoms with E-state index in [9.17, 15) is 9.35 Å². The maximum atomic E-state index is 13.7. The molecule has 1 unspecified atom stereocenters. The van der Waals surface area contributed by atoms with Crippen molar-refractivity contribution in [3.8, 4) is 5.69 Å². The molecule has 5 aromatic rings. The minimum atomic E-state index is -1.22. The molecule has 11 heteroatoms. The van der Waals surface area contributed by atoms with E-state index in [0.717, 1.165) is 18.2 Å². The fourth-order valence-corrected chi connectivity index (χ4v) is 5.67. The molecule has 9 nitrogen and oxygen atoms in total. The third kappa shape index (κ3) is 3.21. The highest BCUT2D eigenvalue weighted by Gasteiger charge is 2.35. The number of H-pyrrole nitrogens is 1. The van der Waals surface area contributed by atoms with Crippen molar-refractivity contribution in [1.29, 1.82) is 0 Å². The molecular weight excluding hydrogens is 474 g/mol. The van der Waals surface area contributed by atoms with E-state index in [0.29, 0.717) is 45.0 Å². The molecule has 0 spiro atoms. The Bertz CT molecular complexity index is 1580. The fraction of sp³-hybridized carbons (Fsp3) is 0.217. The van der Waals surface area contributed by atoms with Crippen LogP contribution in [0.2, 0.25) is 5.02 Å². The van der Waals surface area contributed by atoms with Crippen LogP contribution in [0.1, 0.15) is 24.7 Å². The van der Waals surface area contributed by atoms with Gasteiger partial charge in [-0.15, -0.1) is 0 Å². The molecule has 0 saturated carbocycles. The molecule has 1 aromatic carbocycles. The van der Waals surface area contributed by atoms with Crippen LogP contribution in [-0.2, 0) is 11.2 Å². The van der Waals surface area contributed by atoms with Gasteiger partial charge in [0.15, 0.2) is 10.7 Å². The number of nitrogens with one attached hydrogen (secondary N) is 1. The van der Waals surface area contributed by atoms with Gasteiger partial charge in [0.1, 0.15) is 35.0 Å². The Morgan fingerprint density at radius 1 is 1.21 bits per heavy atom. The second kappa shape index (κ2) is 8.15. The van der Waals surface area contributed by atoms with Gasteiger partial charge in [-0.1, -0.05) is 29.8 Å². The Hall–Kier alpha value is -3.34. The van der Waals surface area contributed by atoms with E-state index in [1.807, 2.05) is 30.3 Å². The van der Waals surface area contributed by atoms with Crippen molar-refractivity contribution in [3.05, 3.63) is 76.3 Å². The molecule has 5 heterocycles. The number of aromatic nitrogens is 6. The van der Waals surface area contributed by atoms with Crippen molar-refractivity contribution in [1.82, 2.24) is 29.1 Å². The number of hydrogen-bond acceptors (Lipinski definition) is 6. The third-order valence-electron chi connectivity index (χ3n) is 6.22. The molecule has 0 aliphatic carbocycles. The molecular formula is C23H20ClN7O2S. The van der Waals surface area contributed by atoms with Gasteiger partial charge in [-0.05, 0) is 42.2 Å². The maximum absolute atomic E-state index is 13.7. The summed E-state index contributed by atoms with van der Waals surface area (Å²) in [7, 11) is 0. The first-order chi connectivity index (χ1) is 16.5. The summed E-state index contributed by atoms with van der Waals surface area (Å²) < 4.78 is 15.6. The van der Waals surface area contributed by atoms with Crippen LogP contribution in [0.25, 0.3) is 22.2 Å². The molecule has 1 aliphatic heterocycles. The summed E-state index contributed by atoms with van der Waals surface area (Å²) in [6.45, 7) is 0.715. The monoisotopic (exact) mass is 493 g/mol. The summed E-state index contributed by atoms with van der Waals surface area (Å²) in [4.78, 5) is 28.5. The maximum Gasteiger partial charge on any atom is 0.284 e. The summed E-state index contributed by atoms with van der Waals surface area (Å²) in [5.74, 6) is 1.27. The molecule has 34 heavy (non-hydrogen) atoms. The van der Waals surface area contributed by atoms with Crippen LogP contribution in [0.3, 0.4) is 0 Å². The lowest BCUT2D eigenvalue weighted by atomic mass is 10.2. The average Bonchev–Trinajstić information content (AvgIpc) is 3.57. The van der Waals surface area contributed by atoms with Crippen molar-refractivity contribution >= 4 is 45.1 Å². The fourth-order valence-electron chi connectivity index (χ4n) is 4.74. The zero-order chi connectivity index (χ0) is 23.4. The molecule has 0 bridgehead atoms. The lowest BCUT2D eigenvalue weighted by molar-refractivity contribution is 0.599. The largest absolute Gasteiger partial charge is 0.612 e. The first kappa shape index (κ1) is 21.2. The van der Waals surface area contributed by atoms with E-state index in [2.05, 4.69) is 19.9 Å². The van der Waals surface area contributed by atoms with Crippen molar-refractivity contribution < 1.29 is 4.55 Å². The Balaban J connectivity index is 1.59. The second-order valence-corrected chi connectivity index (χ2v) is 9.93. The highest BCUT2D eigenvalue weighted by molar-refractivity contribution is 7.91. The van der Waals surface area contributed by atoms with Crippen molar-refractivity contribution in [2.24, 2.45) is 0 Å². The highest BCUT2D eigenvalue weighted by Crippen LogP contribution is 2.39. The number of aromatic amines is 1. The van der Waals surface area contributed by atoms with Gasteiger partial charge in [0.2, 0.25) is 0 Å². The smallest absolute Gasteiger partial charge is 0.284 e. The summed E-state index contributed by atoms with van der Waals surface area (Å²) in [6, 6.07) is 10.9. The van der Waals surface area contributed by atoms with E-state index < -0.39 is 11.2 Å². The number of benzene rings is 1. The van der Waals surface area contributed by atoms with Crippen molar-refractivity contribution in [2.75, 3.05) is 17.7 Å². The first-order valence-electron chi connectivity index (χ1n) is 10.8.